The molecule has 0 unspecified atom stereocenters. The van der Waals surface area contributed by atoms with Crippen molar-refractivity contribution >= 4 is 17.5 Å². The number of rotatable bonds is 1. The normalized spacial score (nSPS) is 12.3. The number of halogens is 4. The minimum atomic E-state index is -4.32. The van der Waals surface area contributed by atoms with E-state index < -0.39 is 11.7 Å². The minimum absolute atomic E-state index is 0.281. The molecule has 0 aliphatic carbocycles. The minimum Gasteiger partial charge on any atom is -0.166 e. The average Bonchev–Trinajstić information content (AvgIpc) is 2.04. The van der Waals surface area contributed by atoms with Crippen LogP contribution in [0, 0.1) is 0 Å². The van der Waals surface area contributed by atoms with Crippen molar-refractivity contribution in [3.05, 3.63) is 29.8 Å². The number of nitrogens with zero attached hydrogens (tertiary/aromatic N) is 2. The van der Waals surface area contributed by atoms with Crippen LogP contribution in [0.3, 0.4) is 0 Å². The van der Waals surface area contributed by atoms with E-state index in [2.05, 4.69) is 9.75 Å². The lowest BCUT2D eigenvalue weighted by Gasteiger charge is -2.05. The lowest BCUT2D eigenvalue weighted by molar-refractivity contribution is -0.137. The second-order valence-corrected chi connectivity index (χ2v) is 2.37. The van der Waals surface area contributed by atoms with Crippen LogP contribution in [0.15, 0.2) is 34.0 Å². The predicted molar refractivity (Wildman–Crippen MR) is 41.8 cm³/mol. The Balaban J connectivity index is 2.94. The van der Waals surface area contributed by atoms with Gasteiger partial charge in [0.2, 0.25) is 0 Å². The van der Waals surface area contributed by atoms with Crippen molar-refractivity contribution in [2.45, 2.75) is 6.18 Å². The van der Waals surface area contributed by atoms with Crippen LogP contribution in [-0.2, 0) is 6.18 Å². The van der Waals surface area contributed by atoms with Gasteiger partial charge in [0, 0.05) is 0 Å². The van der Waals surface area contributed by atoms with Crippen molar-refractivity contribution in [2.24, 2.45) is 9.75 Å². The summed E-state index contributed by atoms with van der Waals surface area (Å²) in [5.74, 6) is 0. The van der Waals surface area contributed by atoms with Crippen molar-refractivity contribution < 1.29 is 13.2 Å². The van der Waals surface area contributed by atoms with Gasteiger partial charge >= 0.3 is 6.18 Å². The SMILES string of the molecule is FC(F)(F)c1ccc(N=NCl)cc1. The van der Waals surface area contributed by atoms with Gasteiger partial charge in [-0.1, -0.05) is 4.63 Å². The van der Waals surface area contributed by atoms with Gasteiger partial charge in [-0.25, -0.2) is 0 Å². The number of hydrogen-bond acceptors (Lipinski definition) is 2. The zero-order valence-electron chi connectivity index (χ0n) is 6.22. The number of hydrogen-bond donors (Lipinski definition) is 0. The van der Waals surface area contributed by atoms with Crippen molar-refractivity contribution in [2.75, 3.05) is 0 Å². The van der Waals surface area contributed by atoms with E-state index >= 15 is 0 Å². The largest absolute Gasteiger partial charge is 0.416 e. The smallest absolute Gasteiger partial charge is 0.166 e. The maximum absolute atomic E-state index is 12.0. The molecule has 0 amide bonds. The van der Waals surface area contributed by atoms with E-state index in [0.29, 0.717) is 0 Å². The summed E-state index contributed by atoms with van der Waals surface area (Å²) in [6.07, 6.45) is -4.32. The first-order valence-electron chi connectivity index (χ1n) is 3.23. The van der Waals surface area contributed by atoms with Crippen LogP contribution >= 0.6 is 11.8 Å². The molecule has 6 heteroatoms. The Labute approximate surface area is 77.2 Å². The van der Waals surface area contributed by atoms with Crippen LogP contribution < -0.4 is 0 Å². The van der Waals surface area contributed by atoms with E-state index in [4.69, 9.17) is 11.8 Å². The van der Waals surface area contributed by atoms with E-state index in [-0.39, 0.29) is 5.69 Å². The van der Waals surface area contributed by atoms with Gasteiger partial charge < -0.3 is 0 Å². The average molecular weight is 209 g/mol. The summed E-state index contributed by atoms with van der Waals surface area (Å²) in [6.45, 7) is 0. The molecule has 0 aliphatic rings. The third-order valence-corrected chi connectivity index (χ3v) is 1.42. The Morgan fingerprint density at radius 3 is 2.00 bits per heavy atom. The molecular weight excluding hydrogens is 205 g/mol. The molecule has 0 spiro atoms. The highest BCUT2D eigenvalue weighted by Gasteiger charge is 2.29. The first-order chi connectivity index (χ1) is 6.04. The zero-order chi connectivity index (χ0) is 9.90. The van der Waals surface area contributed by atoms with Crippen LogP contribution in [0.5, 0.6) is 0 Å². The molecular formula is C7H4ClF3N2. The monoisotopic (exact) mass is 208 g/mol. The third kappa shape index (κ3) is 2.69. The molecule has 0 saturated heterocycles. The molecule has 0 heterocycles. The van der Waals surface area contributed by atoms with Crippen LogP contribution in [0.25, 0.3) is 0 Å². The summed E-state index contributed by atoms with van der Waals surface area (Å²) >= 11 is 4.90. The molecule has 1 aromatic carbocycles. The quantitative estimate of drug-likeness (QED) is 0.625. The van der Waals surface area contributed by atoms with Crippen LogP contribution in [-0.4, -0.2) is 0 Å². The number of benzene rings is 1. The van der Waals surface area contributed by atoms with E-state index in [0.717, 1.165) is 12.1 Å². The molecule has 0 fully saturated rings. The van der Waals surface area contributed by atoms with Crippen LogP contribution in [0.4, 0.5) is 18.9 Å². The molecule has 1 rings (SSSR count). The molecule has 0 atom stereocenters. The van der Waals surface area contributed by atoms with Crippen molar-refractivity contribution in [1.29, 1.82) is 0 Å². The molecule has 0 aliphatic heterocycles. The molecule has 13 heavy (non-hydrogen) atoms. The number of alkyl halides is 3. The van der Waals surface area contributed by atoms with Gasteiger partial charge in [-0.2, -0.15) is 13.2 Å². The lowest BCUT2D eigenvalue weighted by atomic mass is 10.2. The van der Waals surface area contributed by atoms with Gasteiger partial charge in [0.15, 0.2) is 0 Å². The summed E-state index contributed by atoms with van der Waals surface area (Å²) in [4.78, 5) is 0. The van der Waals surface area contributed by atoms with E-state index in [1.54, 1.807) is 0 Å². The zero-order valence-corrected chi connectivity index (χ0v) is 6.97. The Morgan fingerprint density at radius 2 is 1.62 bits per heavy atom. The molecule has 2 nitrogen and oxygen atoms in total. The van der Waals surface area contributed by atoms with Crippen molar-refractivity contribution in [1.82, 2.24) is 0 Å². The van der Waals surface area contributed by atoms with Gasteiger partial charge in [-0.05, 0) is 24.3 Å². The van der Waals surface area contributed by atoms with Gasteiger partial charge in [0.05, 0.1) is 23.0 Å². The van der Waals surface area contributed by atoms with E-state index in [1.807, 2.05) is 0 Å². The van der Waals surface area contributed by atoms with E-state index in [9.17, 15) is 13.2 Å². The molecule has 0 N–H and O–H groups in total. The lowest BCUT2D eigenvalue weighted by Crippen LogP contribution is -2.03. The van der Waals surface area contributed by atoms with Crippen LogP contribution in [0.1, 0.15) is 5.56 Å². The first-order valence-corrected chi connectivity index (χ1v) is 3.57. The highest BCUT2D eigenvalue weighted by Crippen LogP contribution is 2.30. The fourth-order valence-corrected chi connectivity index (χ4v) is 0.848. The predicted octanol–water partition coefficient (Wildman–Crippen LogP) is 3.94. The van der Waals surface area contributed by atoms with Crippen molar-refractivity contribution in [3.8, 4) is 0 Å². The highest BCUT2D eigenvalue weighted by atomic mass is 35.5. The van der Waals surface area contributed by atoms with Gasteiger partial charge in [0.25, 0.3) is 0 Å². The Bertz CT molecular complexity index is 305. The van der Waals surface area contributed by atoms with Gasteiger partial charge in [0.1, 0.15) is 0 Å². The second kappa shape index (κ2) is 3.74. The topological polar surface area (TPSA) is 24.7 Å². The molecule has 0 bridgehead atoms. The fourth-order valence-electron chi connectivity index (χ4n) is 0.761. The Hall–Kier alpha value is -1.10. The van der Waals surface area contributed by atoms with E-state index in [1.165, 1.54) is 12.1 Å². The van der Waals surface area contributed by atoms with Gasteiger partial charge in [-0.15, -0.1) is 5.11 Å². The molecule has 0 radical (unpaired) electrons. The first kappa shape index (κ1) is 9.98. The summed E-state index contributed by atoms with van der Waals surface area (Å²) in [5, 5.41) is 3.35. The summed E-state index contributed by atoms with van der Waals surface area (Å²) in [7, 11) is 0. The molecule has 70 valence electrons. The maximum Gasteiger partial charge on any atom is 0.416 e. The Morgan fingerprint density at radius 1 is 1.08 bits per heavy atom. The second-order valence-electron chi connectivity index (χ2n) is 2.22. The summed E-state index contributed by atoms with van der Waals surface area (Å²) in [5.41, 5.74) is -0.441. The third-order valence-electron chi connectivity index (χ3n) is 1.35. The molecule has 1 aromatic rings. The van der Waals surface area contributed by atoms with Crippen molar-refractivity contribution in [3.63, 3.8) is 0 Å². The summed E-state index contributed by atoms with van der Waals surface area (Å²) < 4.78 is 39.0. The molecule has 0 aromatic heterocycles. The molecule has 0 saturated carbocycles. The Kier molecular flexibility index (Phi) is 2.87. The highest BCUT2D eigenvalue weighted by molar-refractivity contribution is 6.14. The fraction of sp³-hybridized carbons (Fsp3) is 0.143. The standard InChI is InChI=1S/C7H4ClF3N2/c8-13-12-6-3-1-5(2-4-6)7(9,10)11/h1-4H. The maximum atomic E-state index is 12.0. The van der Waals surface area contributed by atoms with Gasteiger partial charge in [-0.3, -0.25) is 0 Å². The summed E-state index contributed by atoms with van der Waals surface area (Å²) in [6, 6.07) is 4.21. The van der Waals surface area contributed by atoms with Crippen LogP contribution in [0.2, 0.25) is 0 Å².